The van der Waals surface area contributed by atoms with Gasteiger partial charge in [0.1, 0.15) is 0 Å². The van der Waals surface area contributed by atoms with Gasteiger partial charge in [0, 0.05) is 6.08 Å². The molecule has 0 aliphatic rings. The monoisotopic (exact) mass is 240 g/mol. The largest absolute Gasteiger partial charge is 0.463 e. The van der Waals surface area contributed by atoms with E-state index in [1.165, 1.54) is 19.3 Å². The van der Waals surface area contributed by atoms with Crippen molar-refractivity contribution < 1.29 is 9.53 Å². The Hall–Kier alpha value is -0.790. The van der Waals surface area contributed by atoms with Crippen molar-refractivity contribution in [2.45, 2.75) is 60.3 Å². The van der Waals surface area contributed by atoms with Gasteiger partial charge < -0.3 is 4.74 Å². The molecule has 0 bridgehead atoms. The minimum absolute atomic E-state index is 0.209. The van der Waals surface area contributed by atoms with Crippen molar-refractivity contribution in [1.29, 1.82) is 0 Å². The van der Waals surface area contributed by atoms with Crippen molar-refractivity contribution in [3.63, 3.8) is 0 Å². The molecule has 0 radical (unpaired) electrons. The molecule has 0 fully saturated rings. The van der Waals surface area contributed by atoms with Gasteiger partial charge in [0.05, 0.1) is 6.61 Å². The first-order valence-electron chi connectivity index (χ1n) is 6.73. The zero-order valence-electron chi connectivity index (χ0n) is 12.1. The van der Waals surface area contributed by atoms with Crippen molar-refractivity contribution in [3.8, 4) is 0 Å². The van der Waals surface area contributed by atoms with E-state index in [0.29, 0.717) is 12.5 Å². The van der Waals surface area contributed by atoms with E-state index in [9.17, 15) is 4.79 Å². The quantitative estimate of drug-likeness (QED) is 0.466. The highest BCUT2D eigenvalue weighted by atomic mass is 16.5. The molecule has 0 saturated heterocycles. The van der Waals surface area contributed by atoms with Crippen LogP contribution in [-0.2, 0) is 9.53 Å². The zero-order chi connectivity index (χ0) is 13.3. The first-order chi connectivity index (χ1) is 7.91. The lowest BCUT2D eigenvalue weighted by Gasteiger charge is -2.12. The average Bonchev–Trinajstić information content (AvgIpc) is 2.15. The third kappa shape index (κ3) is 11.5. The van der Waals surface area contributed by atoms with Gasteiger partial charge in [-0.25, -0.2) is 4.79 Å². The maximum absolute atomic E-state index is 11.2. The fourth-order valence-corrected chi connectivity index (χ4v) is 1.66. The smallest absolute Gasteiger partial charge is 0.330 e. The Labute approximate surface area is 106 Å². The molecular weight excluding hydrogens is 212 g/mol. The van der Waals surface area contributed by atoms with Crippen LogP contribution in [0.1, 0.15) is 60.3 Å². The van der Waals surface area contributed by atoms with Crippen LogP contribution in [0.2, 0.25) is 0 Å². The number of carbonyl (C=O) groups is 1. The van der Waals surface area contributed by atoms with Crippen molar-refractivity contribution in [3.05, 3.63) is 11.6 Å². The highest BCUT2D eigenvalue weighted by molar-refractivity contribution is 5.82. The molecular formula is C15H28O2. The lowest BCUT2D eigenvalue weighted by molar-refractivity contribution is -0.138. The van der Waals surface area contributed by atoms with Gasteiger partial charge in [-0.15, -0.1) is 0 Å². The van der Waals surface area contributed by atoms with Gasteiger partial charge in [0.2, 0.25) is 0 Å². The molecule has 0 aromatic carbocycles. The number of hydrogen-bond acceptors (Lipinski definition) is 2. The summed E-state index contributed by atoms with van der Waals surface area (Å²) in [6.45, 7) is 11.1. The van der Waals surface area contributed by atoms with Gasteiger partial charge in [0.15, 0.2) is 0 Å². The lowest BCUT2D eigenvalue weighted by Crippen LogP contribution is -2.07. The number of carbonyl (C=O) groups excluding carboxylic acids is 1. The van der Waals surface area contributed by atoms with Crippen LogP contribution in [0.15, 0.2) is 11.6 Å². The molecule has 100 valence electrons. The van der Waals surface area contributed by atoms with Crippen LogP contribution >= 0.6 is 0 Å². The number of hydrogen-bond donors (Lipinski definition) is 0. The van der Waals surface area contributed by atoms with Crippen LogP contribution in [0.3, 0.4) is 0 Å². The molecule has 0 aliphatic heterocycles. The first-order valence-corrected chi connectivity index (χ1v) is 6.73. The summed E-state index contributed by atoms with van der Waals surface area (Å²) in [6.07, 6.45) is 6.32. The highest BCUT2D eigenvalue weighted by Gasteiger charge is 2.05. The van der Waals surface area contributed by atoms with E-state index in [4.69, 9.17) is 4.74 Å². The predicted octanol–water partition coefficient (Wildman–Crippen LogP) is 4.35. The van der Waals surface area contributed by atoms with Gasteiger partial charge >= 0.3 is 5.97 Å². The second-order valence-corrected chi connectivity index (χ2v) is 5.61. The number of ether oxygens (including phenoxy) is 1. The normalized spacial score (nSPS) is 12.4. The average molecular weight is 240 g/mol. The molecule has 0 saturated carbocycles. The molecule has 2 heteroatoms. The molecule has 0 aromatic heterocycles. The molecule has 0 aliphatic carbocycles. The van der Waals surface area contributed by atoms with E-state index < -0.39 is 0 Å². The predicted molar refractivity (Wildman–Crippen MR) is 72.9 cm³/mol. The molecule has 17 heavy (non-hydrogen) atoms. The number of rotatable bonds is 8. The Morgan fingerprint density at radius 3 is 2.29 bits per heavy atom. The van der Waals surface area contributed by atoms with Gasteiger partial charge in [-0.1, -0.05) is 45.6 Å². The maximum Gasteiger partial charge on any atom is 0.330 e. The zero-order valence-corrected chi connectivity index (χ0v) is 12.1. The van der Waals surface area contributed by atoms with Crippen molar-refractivity contribution in [2.75, 3.05) is 6.61 Å². The van der Waals surface area contributed by atoms with E-state index in [-0.39, 0.29) is 5.97 Å². The van der Waals surface area contributed by atoms with Crippen molar-refractivity contribution in [2.24, 2.45) is 11.8 Å². The number of allylic oxidation sites excluding steroid dienone is 1. The molecule has 1 unspecified atom stereocenters. The minimum Gasteiger partial charge on any atom is -0.463 e. The van der Waals surface area contributed by atoms with E-state index in [1.54, 1.807) is 6.08 Å². The summed E-state index contributed by atoms with van der Waals surface area (Å²) in [5.74, 6) is 1.23. The van der Waals surface area contributed by atoms with Crippen LogP contribution in [-0.4, -0.2) is 12.6 Å². The van der Waals surface area contributed by atoms with Gasteiger partial charge in [-0.2, -0.15) is 0 Å². The first kappa shape index (κ1) is 16.2. The second-order valence-electron chi connectivity index (χ2n) is 5.61. The minimum atomic E-state index is -0.209. The summed E-state index contributed by atoms with van der Waals surface area (Å²) in [6, 6.07) is 0. The van der Waals surface area contributed by atoms with Crippen LogP contribution in [0, 0.1) is 11.8 Å². The molecule has 0 spiro atoms. The SMILES string of the molecule is CC(C)=CC(=O)OCCC(C)CCCC(C)C. The van der Waals surface area contributed by atoms with Gasteiger partial charge in [0.25, 0.3) is 0 Å². The summed E-state index contributed by atoms with van der Waals surface area (Å²) in [4.78, 5) is 11.2. The van der Waals surface area contributed by atoms with E-state index in [1.807, 2.05) is 13.8 Å². The van der Waals surface area contributed by atoms with Crippen LogP contribution in [0.5, 0.6) is 0 Å². The summed E-state index contributed by atoms with van der Waals surface area (Å²) >= 11 is 0. The molecule has 0 amide bonds. The molecule has 0 aromatic rings. The molecule has 2 nitrogen and oxygen atoms in total. The Bertz CT molecular complexity index is 237. The second kappa shape index (κ2) is 9.26. The lowest BCUT2D eigenvalue weighted by atomic mass is 9.98. The summed E-state index contributed by atoms with van der Waals surface area (Å²) < 4.78 is 5.14. The van der Waals surface area contributed by atoms with Crippen molar-refractivity contribution in [1.82, 2.24) is 0 Å². The Morgan fingerprint density at radius 2 is 1.76 bits per heavy atom. The molecule has 0 heterocycles. The standard InChI is InChI=1S/C15H28O2/c1-12(2)7-6-8-14(5)9-10-17-15(16)11-13(3)4/h11-12,14H,6-10H2,1-5H3. The van der Waals surface area contributed by atoms with Gasteiger partial charge in [-0.3, -0.25) is 0 Å². The fourth-order valence-electron chi connectivity index (χ4n) is 1.66. The van der Waals surface area contributed by atoms with Crippen LogP contribution in [0.4, 0.5) is 0 Å². The summed E-state index contributed by atoms with van der Waals surface area (Å²) in [5.41, 5.74) is 0.986. The fraction of sp³-hybridized carbons (Fsp3) is 0.800. The summed E-state index contributed by atoms with van der Waals surface area (Å²) in [5, 5.41) is 0. The molecule has 0 N–H and O–H groups in total. The third-order valence-corrected chi connectivity index (χ3v) is 2.74. The van der Waals surface area contributed by atoms with Crippen LogP contribution < -0.4 is 0 Å². The van der Waals surface area contributed by atoms with Gasteiger partial charge in [-0.05, 0) is 32.1 Å². The topological polar surface area (TPSA) is 26.3 Å². The Balaban J connectivity index is 3.54. The van der Waals surface area contributed by atoms with Crippen LogP contribution in [0.25, 0.3) is 0 Å². The Morgan fingerprint density at radius 1 is 1.12 bits per heavy atom. The van der Waals surface area contributed by atoms with E-state index in [2.05, 4.69) is 20.8 Å². The summed E-state index contributed by atoms with van der Waals surface area (Å²) in [7, 11) is 0. The van der Waals surface area contributed by atoms with Crippen molar-refractivity contribution >= 4 is 5.97 Å². The molecule has 1 atom stereocenters. The maximum atomic E-state index is 11.2. The highest BCUT2D eigenvalue weighted by Crippen LogP contribution is 2.15. The van der Waals surface area contributed by atoms with E-state index >= 15 is 0 Å². The number of esters is 1. The molecule has 0 rings (SSSR count). The Kier molecular flexibility index (Phi) is 8.83. The van der Waals surface area contributed by atoms with E-state index in [0.717, 1.165) is 17.9 Å². The third-order valence-electron chi connectivity index (χ3n) is 2.74.